The van der Waals surface area contributed by atoms with E-state index in [2.05, 4.69) is 117 Å². The maximum Gasteiger partial charge on any atom is 0.0390 e. The molecule has 0 amide bonds. The molecule has 138 valence electrons. The van der Waals surface area contributed by atoms with Crippen LogP contribution < -0.4 is 5.32 Å². The van der Waals surface area contributed by atoms with Gasteiger partial charge in [0.2, 0.25) is 0 Å². The fourth-order valence-corrected chi connectivity index (χ4v) is 3.61. The average molecular weight is 364 g/mol. The van der Waals surface area contributed by atoms with Crippen molar-refractivity contribution in [3.63, 3.8) is 0 Å². The van der Waals surface area contributed by atoms with Crippen molar-refractivity contribution in [3.8, 4) is 0 Å². The van der Waals surface area contributed by atoms with Crippen molar-refractivity contribution >= 4 is 28.2 Å². The van der Waals surface area contributed by atoms with Gasteiger partial charge in [0.25, 0.3) is 0 Å². The highest BCUT2D eigenvalue weighted by atomic mass is 14.9. The molecule has 0 aliphatic heterocycles. The zero-order chi connectivity index (χ0) is 19.6. The molecule has 0 unspecified atom stereocenters. The maximum absolute atomic E-state index is 3.83. The molecule has 0 aliphatic carbocycles. The van der Waals surface area contributed by atoms with Crippen LogP contribution in [0.1, 0.15) is 30.5 Å². The molecule has 0 saturated heterocycles. The molecule has 0 radical (unpaired) electrons. The fraction of sp³-hybridized carbons (Fsp3) is 0.111. The van der Waals surface area contributed by atoms with Crippen LogP contribution in [-0.2, 0) is 5.41 Å². The van der Waals surface area contributed by atoms with Crippen molar-refractivity contribution < 1.29 is 0 Å². The van der Waals surface area contributed by atoms with Gasteiger partial charge in [-0.1, -0.05) is 93.2 Å². The topological polar surface area (TPSA) is 12.0 Å². The number of nitrogens with one attached hydrogen (secondary N) is 1. The number of rotatable bonds is 5. The highest BCUT2D eigenvalue weighted by Gasteiger charge is 2.22. The minimum absolute atomic E-state index is 0.0544. The third kappa shape index (κ3) is 3.57. The maximum atomic E-state index is 3.83. The highest BCUT2D eigenvalue weighted by Crippen LogP contribution is 2.33. The largest absolute Gasteiger partial charge is 0.356 e. The van der Waals surface area contributed by atoms with Crippen molar-refractivity contribution in [1.82, 2.24) is 0 Å². The molecule has 28 heavy (non-hydrogen) atoms. The van der Waals surface area contributed by atoms with Gasteiger partial charge in [0.05, 0.1) is 0 Å². The van der Waals surface area contributed by atoms with Gasteiger partial charge < -0.3 is 5.32 Å². The van der Waals surface area contributed by atoms with E-state index in [9.17, 15) is 0 Å². The number of anilines is 2. The minimum Gasteiger partial charge on any atom is -0.356 e. The number of hydrogen-bond acceptors (Lipinski definition) is 1. The van der Waals surface area contributed by atoms with Crippen LogP contribution in [0.4, 0.5) is 11.4 Å². The predicted molar refractivity (Wildman–Crippen MR) is 122 cm³/mol. The Labute approximate surface area is 167 Å². The second-order valence-corrected chi connectivity index (χ2v) is 7.72. The van der Waals surface area contributed by atoms with E-state index >= 15 is 0 Å². The quantitative estimate of drug-likeness (QED) is 0.386. The summed E-state index contributed by atoms with van der Waals surface area (Å²) in [6, 6.07) is 32.3. The third-order valence-corrected chi connectivity index (χ3v) is 5.51. The Bertz CT molecular complexity index is 1100. The Morgan fingerprint density at radius 2 is 1.25 bits per heavy atom. The van der Waals surface area contributed by atoms with Gasteiger partial charge in [-0.3, -0.25) is 0 Å². The molecule has 1 N–H and O–H groups in total. The first-order chi connectivity index (χ1) is 13.6. The van der Waals surface area contributed by atoms with E-state index < -0.39 is 0 Å². The smallest absolute Gasteiger partial charge is 0.0390 e. The molecule has 4 rings (SSSR count). The molecule has 4 aromatic rings. The fourth-order valence-electron chi connectivity index (χ4n) is 3.61. The van der Waals surface area contributed by atoms with Crippen LogP contribution in [0.15, 0.2) is 97.6 Å². The molecule has 0 aliphatic rings. The van der Waals surface area contributed by atoms with E-state index in [4.69, 9.17) is 0 Å². The lowest BCUT2D eigenvalue weighted by Crippen LogP contribution is -2.18. The van der Waals surface area contributed by atoms with Crippen LogP contribution >= 0.6 is 0 Å². The molecular weight excluding hydrogens is 338 g/mol. The van der Waals surface area contributed by atoms with Crippen LogP contribution in [0.2, 0.25) is 0 Å². The Hall–Kier alpha value is -3.32. The molecule has 0 aromatic heterocycles. The first-order valence-corrected chi connectivity index (χ1v) is 9.66. The first kappa shape index (κ1) is 18.1. The molecule has 0 heterocycles. The van der Waals surface area contributed by atoms with E-state index in [1.54, 1.807) is 0 Å². The van der Waals surface area contributed by atoms with Crippen LogP contribution in [0.25, 0.3) is 16.8 Å². The summed E-state index contributed by atoms with van der Waals surface area (Å²) in [6.45, 7) is 8.37. The molecule has 0 atom stereocenters. The second kappa shape index (κ2) is 7.36. The monoisotopic (exact) mass is 363 g/mol. The molecule has 1 nitrogen and oxygen atoms in total. The van der Waals surface area contributed by atoms with E-state index in [0.29, 0.717) is 0 Å². The zero-order valence-corrected chi connectivity index (χ0v) is 16.4. The Balaban J connectivity index is 1.55. The summed E-state index contributed by atoms with van der Waals surface area (Å²) in [6.07, 6.45) is 1.88. The summed E-state index contributed by atoms with van der Waals surface area (Å²) < 4.78 is 0. The van der Waals surface area contributed by atoms with Crippen molar-refractivity contribution in [2.45, 2.75) is 19.3 Å². The van der Waals surface area contributed by atoms with Crippen molar-refractivity contribution in [2.24, 2.45) is 0 Å². The molecule has 0 spiro atoms. The zero-order valence-electron chi connectivity index (χ0n) is 16.4. The van der Waals surface area contributed by atoms with Gasteiger partial charge in [0.1, 0.15) is 0 Å². The molecule has 0 saturated carbocycles. The lowest BCUT2D eigenvalue weighted by molar-refractivity contribution is 0.641. The van der Waals surface area contributed by atoms with Gasteiger partial charge in [0, 0.05) is 16.8 Å². The summed E-state index contributed by atoms with van der Waals surface area (Å²) in [5, 5.41) is 6.02. The van der Waals surface area contributed by atoms with Gasteiger partial charge in [-0.05, 0) is 51.7 Å². The third-order valence-electron chi connectivity index (χ3n) is 5.51. The Morgan fingerprint density at radius 3 is 1.89 bits per heavy atom. The molecule has 0 bridgehead atoms. The Morgan fingerprint density at radius 1 is 0.679 bits per heavy atom. The lowest BCUT2D eigenvalue weighted by atomic mass is 9.78. The molecule has 1 heteroatoms. The summed E-state index contributed by atoms with van der Waals surface area (Å²) in [5.41, 5.74) is 5.88. The molecule has 4 aromatic carbocycles. The SMILES string of the molecule is C=Cc1ccc(C(C)(C)c2ccc(Nc3ccc4ccccc4c3)cc2)cc1. The van der Waals surface area contributed by atoms with Crippen molar-refractivity contribution in [2.75, 3.05) is 5.32 Å². The molecular formula is C27H25N. The van der Waals surface area contributed by atoms with E-state index in [0.717, 1.165) is 16.9 Å². The first-order valence-electron chi connectivity index (χ1n) is 9.66. The van der Waals surface area contributed by atoms with Gasteiger partial charge in [-0.2, -0.15) is 0 Å². The van der Waals surface area contributed by atoms with Crippen molar-refractivity contribution in [3.05, 3.63) is 114 Å². The van der Waals surface area contributed by atoms with Gasteiger partial charge in [0.15, 0.2) is 0 Å². The summed E-state index contributed by atoms with van der Waals surface area (Å²) >= 11 is 0. The number of benzene rings is 4. The second-order valence-electron chi connectivity index (χ2n) is 7.72. The van der Waals surface area contributed by atoms with Crippen LogP contribution in [0, 0.1) is 0 Å². The van der Waals surface area contributed by atoms with E-state index in [-0.39, 0.29) is 5.41 Å². The summed E-state index contributed by atoms with van der Waals surface area (Å²) in [4.78, 5) is 0. The Kier molecular flexibility index (Phi) is 4.75. The van der Waals surface area contributed by atoms with Gasteiger partial charge >= 0.3 is 0 Å². The minimum atomic E-state index is -0.0544. The normalized spacial score (nSPS) is 11.4. The number of fused-ring (bicyclic) bond motifs is 1. The van der Waals surface area contributed by atoms with Crippen LogP contribution in [0.3, 0.4) is 0 Å². The summed E-state index contributed by atoms with van der Waals surface area (Å²) in [7, 11) is 0. The highest BCUT2D eigenvalue weighted by molar-refractivity contribution is 5.86. The predicted octanol–water partition coefficient (Wildman–Crippen LogP) is 7.55. The van der Waals surface area contributed by atoms with Crippen molar-refractivity contribution in [1.29, 1.82) is 0 Å². The van der Waals surface area contributed by atoms with Crippen LogP contribution in [-0.4, -0.2) is 0 Å². The summed E-state index contributed by atoms with van der Waals surface area (Å²) in [5.74, 6) is 0. The van der Waals surface area contributed by atoms with E-state index in [1.807, 2.05) is 6.08 Å². The standard InChI is InChI=1S/C27H25N/c1-4-20-9-12-23(13-10-20)27(2,3)24-14-17-25(18-15-24)28-26-16-11-21-7-5-6-8-22(21)19-26/h4-19,28H,1H2,2-3H3. The molecule has 0 fully saturated rings. The van der Waals surface area contributed by atoms with E-state index in [1.165, 1.54) is 21.9 Å². The van der Waals surface area contributed by atoms with Gasteiger partial charge in [-0.15, -0.1) is 0 Å². The average Bonchev–Trinajstić information content (AvgIpc) is 2.74. The lowest BCUT2D eigenvalue weighted by Gasteiger charge is -2.26. The van der Waals surface area contributed by atoms with Gasteiger partial charge in [-0.25, -0.2) is 0 Å². The number of hydrogen-bond donors (Lipinski definition) is 1. The van der Waals surface area contributed by atoms with Crippen LogP contribution in [0.5, 0.6) is 0 Å².